The number of ether oxygens (including phenoxy) is 2. The Labute approximate surface area is 158 Å². The molecule has 0 atom stereocenters. The number of hydrogen-bond acceptors (Lipinski definition) is 6. The molecule has 1 N–H and O–H groups in total. The molecule has 0 radical (unpaired) electrons. The van der Waals surface area contributed by atoms with E-state index in [1.165, 1.54) is 26.4 Å². The van der Waals surface area contributed by atoms with Gasteiger partial charge in [0.2, 0.25) is 5.89 Å². The molecule has 2 aromatic carbocycles. The van der Waals surface area contributed by atoms with Gasteiger partial charge in [-0.05, 0) is 24.3 Å². The molecular weight excluding hydrogens is 381 g/mol. The molecule has 9 heteroatoms. The van der Waals surface area contributed by atoms with Gasteiger partial charge in [-0.2, -0.15) is 0 Å². The molecule has 1 amide bonds. The summed E-state index contributed by atoms with van der Waals surface area (Å²) >= 11 is 11.9. The van der Waals surface area contributed by atoms with Gasteiger partial charge < -0.3 is 19.2 Å². The number of nitrogens with zero attached hydrogens (tertiary/aromatic N) is 2. The van der Waals surface area contributed by atoms with Crippen LogP contribution in [-0.2, 0) is 0 Å². The SMILES string of the molecule is COc1cc(NC(=O)c2nnc(-c3ccc(Cl)cc3)o2)c(OC)cc1Cl. The maximum absolute atomic E-state index is 12.4. The van der Waals surface area contributed by atoms with E-state index < -0.39 is 5.91 Å². The van der Waals surface area contributed by atoms with E-state index in [1.807, 2.05) is 0 Å². The number of amides is 1. The minimum Gasteiger partial charge on any atom is -0.495 e. The smallest absolute Gasteiger partial charge is 0.313 e. The third-order valence-corrected chi connectivity index (χ3v) is 3.98. The molecule has 0 bridgehead atoms. The first-order valence-electron chi connectivity index (χ1n) is 7.34. The van der Waals surface area contributed by atoms with Crippen LogP contribution < -0.4 is 14.8 Å². The maximum Gasteiger partial charge on any atom is 0.313 e. The summed E-state index contributed by atoms with van der Waals surface area (Å²) in [6.07, 6.45) is 0. The molecule has 3 aromatic rings. The zero-order chi connectivity index (χ0) is 18.7. The van der Waals surface area contributed by atoms with Gasteiger partial charge in [0.05, 0.1) is 24.9 Å². The first-order chi connectivity index (χ1) is 12.5. The summed E-state index contributed by atoms with van der Waals surface area (Å²) in [7, 11) is 2.93. The zero-order valence-electron chi connectivity index (χ0n) is 13.7. The number of carbonyl (C=O) groups is 1. The van der Waals surface area contributed by atoms with Crippen molar-refractivity contribution < 1.29 is 18.7 Å². The number of anilines is 1. The van der Waals surface area contributed by atoms with Crippen LogP contribution in [0.1, 0.15) is 10.7 Å². The molecule has 7 nitrogen and oxygen atoms in total. The van der Waals surface area contributed by atoms with Crippen molar-refractivity contribution >= 4 is 34.8 Å². The lowest BCUT2D eigenvalue weighted by atomic mass is 10.2. The average molecular weight is 394 g/mol. The maximum atomic E-state index is 12.4. The number of carbonyl (C=O) groups excluding carboxylic acids is 1. The Kier molecular flexibility index (Phi) is 5.29. The van der Waals surface area contributed by atoms with Crippen molar-refractivity contribution in [2.75, 3.05) is 19.5 Å². The van der Waals surface area contributed by atoms with Crippen LogP contribution >= 0.6 is 23.2 Å². The van der Waals surface area contributed by atoms with Crippen LogP contribution in [0.3, 0.4) is 0 Å². The van der Waals surface area contributed by atoms with Gasteiger partial charge in [-0.15, -0.1) is 10.2 Å². The van der Waals surface area contributed by atoms with Crippen molar-refractivity contribution in [3.63, 3.8) is 0 Å². The molecule has 0 spiro atoms. The number of halogens is 2. The van der Waals surface area contributed by atoms with E-state index >= 15 is 0 Å². The van der Waals surface area contributed by atoms with Crippen LogP contribution in [0.15, 0.2) is 40.8 Å². The first-order valence-corrected chi connectivity index (χ1v) is 8.09. The van der Waals surface area contributed by atoms with E-state index in [1.54, 1.807) is 24.3 Å². The summed E-state index contributed by atoms with van der Waals surface area (Å²) < 4.78 is 15.8. The summed E-state index contributed by atoms with van der Waals surface area (Å²) in [6, 6.07) is 9.87. The average Bonchev–Trinajstić information content (AvgIpc) is 3.13. The second kappa shape index (κ2) is 7.63. The number of hydrogen-bond donors (Lipinski definition) is 1. The Balaban J connectivity index is 1.84. The van der Waals surface area contributed by atoms with Gasteiger partial charge in [0.25, 0.3) is 0 Å². The molecule has 3 rings (SSSR count). The van der Waals surface area contributed by atoms with Crippen LogP contribution in [0.4, 0.5) is 5.69 Å². The van der Waals surface area contributed by atoms with Gasteiger partial charge in [0.15, 0.2) is 0 Å². The monoisotopic (exact) mass is 393 g/mol. The molecule has 0 fully saturated rings. The van der Waals surface area contributed by atoms with E-state index in [2.05, 4.69) is 15.5 Å². The van der Waals surface area contributed by atoms with Crippen molar-refractivity contribution in [3.05, 3.63) is 52.3 Å². The lowest BCUT2D eigenvalue weighted by Crippen LogP contribution is -2.13. The van der Waals surface area contributed by atoms with E-state index in [4.69, 9.17) is 37.1 Å². The van der Waals surface area contributed by atoms with Crippen LogP contribution in [0, 0.1) is 0 Å². The van der Waals surface area contributed by atoms with E-state index in [-0.39, 0.29) is 11.8 Å². The highest BCUT2D eigenvalue weighted by Crippen LogP contribution is 2.36. The fourth-order valence-corrected chi connectivity index (χ4v) is 2.51. The third-order valence-electron chi connectivity index (χ3n) is 3.43. The number of aromatic nitrogens is 2. The molecule has 1 heterocycles. The molecule has 0 aliphatic heterocycles. The van der Waals surface area contributed by atoms with Gasteiger partial charge >= 0.3 is 11.8 Å². The molecule has 0 unspecified atom stereocenters. The fourth-order valence-electron chi connectivity index (χ4n) is 2.16. The Morgan fingerprint density at radius 2 is 1.73 bits per heavy atom. The summed E-state index contributed by atoms with van der Waals surface area (Å²) in [4.78, 5) is 12.4. The summed E-state index contributed by atoms with van der Waals surface area (Å²) in [5.41, 5.74) is 0.997. The summed E-state index contributed by atoms with van der Waals surface area (Å²) in [5, 5.41) is 11.2. The summed E-state index contributed by atoms with van der Waals surface area (Å²) in [5.74, 6) is 0.149. The van der Waals surface area contributed by atoms with Gasteiger partial charge in [-0.25, -0.2) is 0 Å². The van der Waals surface area contributed by atoms with Crippen molar-refractivity contribution in [1.82, 2.24) is 10.2 Å². The Hall–Kier alpha value is -2.77. The number of methoxy groups -OCH3 is 2. The van der Waals surface area contributed by atoms with E-state index in [0.717, 1.165) is 0 Å². The summed E-state index contributed by atoms with van der Waals surface area (Å²) in [6.45, 7) is 0. The quantitative estimate of drug-likeness (QED) is 0.694. The molecule has 26 heavy (non-hydrogen) atoms. The van der Waals surface area contributed by atoms with Crippen LogP contribution in [-0.4, -0.2) is 30.3 Å². The van der Waals surface area contributed by atoms with E-state index in [9.17, 15) is 4.79 Å². The topological polar surface area (TPSA) is 86.5 Å². The lowest BCUT2D eigenvalue weighted by Gasteiger charge is -2.12. The van der Waals surface area contributed by atoms with Gasteiger partial charge in [0.1, 0.15) is 11.5 Å². The lowest BCUT2D eigenvalue weighted by molar-refractivity contribution is 0.0990. The molecule has 0 saturated heterocycles. The van der Waals surface area contributed by atoms with Crippen LogP contribution in [0.5, 0.6) is 11.5 Å². The highest BCUT2D eigenvalue weighted by atomic mass is 35.5. The Morgan fingerprint density at radius 3 is 2.38 bits per heavy atom. The highest BCUT2D eigenvalue weighted by molar-refractivity contribution is 6.32. The van der Waals surface area contributed by atoms with E-state index in [0.29, 0.717) is 32.8 Å². The molecular formula is C17H13Cl2N3O4. The van der Waals surface area contributed by atoms with Crippen molar-refractivity contribution in [1.29, 1.82) is 0 Å². The molecule has 0 saturated carbocycles. The largest absolute Gasteiger partial charge is 0.495 e. The van der Waals surface area contributed by atoms with Crippen LogP contribution in [0.25, 0.3) is 11.5 Å². The number of nitrogens with one attached hydrogen (secondary N) is 1. The second-order valence-corrected chi connectivity index (χ2v) is 5.90. The second-order valence-electron chi connectivity index (χ2n) is 5.06. The predicted molar refractivity (Wildman–Crippen MR) is 97.3 cm³/mol. The predicted octanol–water partition coefficient (Wildman–Crippen LogP) is 4.31. The minimum atomic E-state index is -0.597. The normalized spacial score (nSPS) is 10.5. The van der Waals surface area contributed by atoms with Crippen molar-refractivity contribution in [2.45, 2.75) is 0 Å². The highest BCUT2D eigenvalue weighted by Gasteiger charge is 2.19. The molecule has 1 aromatic heterocycles. The van der Waals surface area contributed by atoms with Gasteiger partial charge in [-0.3, -0.25) is 4.79 Å². The number of rotatable bonds is 5. The minimum absolute atomic E-state index is 0.201. The van der Waals surface area contributed by atoms with Gasteiger partial charge in [0, 0.05) is 22.7 Å². The standard InChI is InChI=1S/C17H13Cl2N3O4/c1-24-13-8-12(14(25-2)7-11(13)19)20-15(23)17-22-21-16(26-17)9-3-5-10(18)6-4-9/h3-8H,1-2H3,(H,20,23). The Morgan fingerprint density at radius 1 is 1.04 bits per heavy atom. The molecule has 0 aliphatic carbocycles. The fraction of sp³-hybridized carbons (Fsp3) is 0.118. The van der Waals surface area contributed by atoms with Gasteiger partial charge in [-0.1, -0.05) is 23.2 Å². The van der Waals surface area contributed by atoms with Crippen LogP contribution in [0.2, 0.25) is 10.0 Å². The third kappa shape index (κ3) is 3.74. The molecule has 134 valence electrons. The number of benzene rings is 2. The zero-order valence-corrected chi connectivity index (χ0v) is 15.3. The Bertz CT molecular complexity index is 942. The van der Waals surface area contributed by atoms with Crippen molar-refractivity contribution in [2.24, 2.45) is 0 Å². The first kappa shape index (κ1) is 18.0. The molecule has 0 aliphatic rings. The van der Waals surface area contributed by atoms with Crippen molar-refractivity contribution in [3.8, 4) is 23.0 Å².